The fraction of sp³-hybridized carbons (Fsp3) is 0.769. The minimum Gasteiger partial charge on any atom is -0.477 e. The first-order valence-electron chi connectivity index (χ1n) is 6.14. The van der Waals surface area contributed by atoms with E-state index in [0.29, 0.717) is 4.48 Å². The predicted molar refractivity (Wildman–Crippen MR) is 71.0 cm³/mol. The van der Waals surface area contributed by atoms with E-state index in [1.54, 1.807) is 13.8 Å². The van der Waals surface area contributed by atoms with Gasteiger partial charge in [-0.3, -0.25) is 0 Å². The van der Waals surface area contributed by atoms with Crippen molar-refractivity contribution in [1.82, 2.24) is 5.32 Å². The number of likely N-dealkylation sites (N-methyl/N-ethyl adjacent to an activating group) is 1. The van der Waals surface area contributed by atoms with Gasteiger partial charge in [-0.15, -0.1) is 6.58 Å². The summed E-state index contributed by atoms with van der Waals surface area (Å²) in [4.78, 5) is 11.2. The first kappa shape index (κ1) is 16.1. The number of hydrogen-bond donors (Lipinski definition) is 2. The number of nitrogens with zero attached hydrogens (tertiary/aromatic N) is 1. The van der Waals surface area contributed by atoms with E-state index in [-0.39, 0.29) is 0 Å². The Morgan fingerprint density at radius 1 is 1.41 bits per heavy atom. The van der Waals surface area contributed by atoms with E-state index in [0.717, 1.165) is 32.5 Å². The van der Waals surface area contributed by atoms with E-state index < -0.39 is 11.5 Å². The highest BCUT2D eigenvalue weighted by molar-refractivity contribution is 5.76. The van der Waals surface area contributed by atoms with Gasteiger partial charge in [0.15, 0.2) is 5.54 Å². The molecule has 0 aliphatic rings. The van der Waals surface area contributed by atoms with Crippen LogP contribution in [0, 0.1) is 0 Å². The molecular weight excluding hydrogens is 216 g/mol. The number of carboxylic acid groups (broad SMARTS) is 1. The predicted octanol–water partition coefficient (Wildman–Crippen LogP) is 1.48. The molecule has 0 fully saturated rings. The molecule has 0 atom stereocenters. The third kappa shape index (κ3) is 4.88. The average Bonchev–Trinajstić information content (AvgIpc) is 2.22. The molecule has 0 aromatic heterocycles. The quantitative estimate of drug-likeness (QED) is 0.366. The fourth-order valence-electron chi connectivity index (χ4n) is 1.50. The van der Waals surface area contributed by atoms with Crippen LogP contribution in [-0.2, 0) is 4.79 Å². The molecule has 2 N–H and O–H groups in total. The third-order valence-electron chi connectivity index (χ3n) is 3.65. The average molecular weight is 243 g/mol. The normalized spacial score (nSPS) is 12.5. The van der Waals surface area contributed by atoms with Crippen LogP contribution in [0.5, 0.6) is 0 Å². The Morgan fingerprint density at radius 3 is 2.47 bits per heavy atom. The Kier molecular flexibility index (Phi) is 6.42. The number of nitrogens with one attached hydrogen (secondary N) is 1. The minimum absolute atomic E-state index is 0.504. The molecule has 0 saturated heterocycles. The largest absolute Gasteiger partial charge is 0.477 e. The van der Waals surface area contributed by atoms with Crippen molar-refractivity contribution < 1.29 is 14.4 Å². The van der Waals surface area contributed by atoms with Crippen LogP contribution >= 0.6 is 0 Å². The summed E-state index contributed by atoms with van der Waals surface area (Å²) < 4.78 is 0.504. The second-order valence-electron chi connectivity index (χ2n) is 5.47. The number of carbonyl (C=O) groups is 1. The van der Waals surface area contributed by atoms with E-state index in [2.05, 4.69) is 11.9 Å². The maximum Gasteiger partial charge on any atom is 0.365 e. The van der Waals surface area contributed by atoms with Crippen molar-refractivity contribution in [3.05, 3.63) is 12.7 Å². The molecule has 0 heterocycles. The van der Waals surface area contributed by atoms with Crippen LogP contribution in [0.4, 0.5) is 0 Å². The smallest absolute Gasteiger partial charge is 0.365 e. The number of aliphatic carboxylic acids is 1. The number of unbranched alkanes of at least 4 members (excludes halogenated alkanes) is 1. The van der Waals surface area contributed by atoms with Crippen molar-refractivity contribution in [2.24, 2.45) is 0 Å². The van der Waals surface area contributed by atoms with Crippen molar-refractivity contribution in [3.8, 4) is 0 Å². The monoisotopic (exact) mass is 243 g/mol. The maximum atomic E-state index is 11.2. The molecule has 0 bridgehead atoms. The highest BCUT2D eigenvalue weighted by Crippen LogP contribution is 2.21. The van der Waals surface area contributed by atoms with Crippen molar-refractivity contribution in [2.45, 2.75) is 32.2 Å². The number of carboxylic acids is 1. The molecule has 0 aromatic carbocycles. The summed E-state index contributed by atoms with van der Waals surface area (Å²) >= 11 is 0. The molecule has 0 rings (SSSR count). The molecule has 0 aliphatic heterocycles. The van der Waals surface area contributed by atoms with Crippen LogP contribution in [-0.4, -0.2) is 54.8 Å². The van der Waals surface area contributed by atoms with Crippen molar-refractivity contribution in [3.63, 3.8) is 0 Å². The lowest BCUT2D eigenvalue weighted by molar-refractivity contribution is -0.928. The first-order valence-corrected chi connectivity index (χ1v) is 6.14. The molecule has 0 saturated carbocycles. The van der Waals surface area contributed by atoms with Crippen LogP contribution in [0.3, 0.4) is 0 Å². The molecule has 4 nitrogen and oxygen atoms in total. The standard InChI is InChI=1S/C13H26N2O2/c1-6-9-14-10-7-8-11-15(4,5)13(2,3)12(16)17/h6,14H,1,7-11H2,2-5H3/p+1. The summed E-state index contributed by atoms with van der Waals surface area (Å²) in [6.45, 7) is 9.86. The van der Waals surface area contributed by atoms with E-state index in [4.69, 9.17) is 0 Å². The van der Waals surface area contributed by atoms with Crippen LogP contribution in [0.2, 0.25) is 0 Å². The lowest BCUT2D eigenvalue weighted by Gasteiger charge is -2.41. The zero-order chi connectivity index (χ0) is 13.5. The van der Waals surface area contributed by atoms with Gasteiger partial charge in [0.2, 0.25) is 0 Å². The van der Waals surface area contributed by atoms with Crippen molar-refractivity contribution in [1.29, 1.82) is 0 Å². The van der Waals surface area contributed by atoms with Gasteiger partial charge < -0.3 is 14.9 Å². The fourth-order valence-corrected chi connectivity index (χ4v) is 1.50. The summed E-state index contributed by atoms with van der Waals surface area (Å²) in [5.74, 6) is -0.743. The zero-order valence-electron chi connectivity index (χ0n) is 11.6. The Morgan fingerprint density at radius 2 is 2.00 bits per heavy atom. The van der Waals surface area contributed by atoms with Gasteiger partial charge >= 0.3 is 5.97 Å². The van der Waals surface area contributed by atoms with E-state index in [1.807, 2.05) is 20.2 Å². The topological polar surface area (TPSA) is 49.3 Å². The van der Waals surface area contributed by atoms with Crippen LogP contribution in [0.1, 0.15) is 26.7 Å². The Balaban J connectivity index is 4.01. The lowest BCUT2D eigenvalue weighted by Crippen LogP contribution is -2.60. The van der Waals surface area contributed by atoms with Gasteiger partial charge in [-0.1, -0.05) is 6.08 Å². The molecule has 17 heavy (non-hydrogen) atoms. The second kappa shape index (κ2) is 6.77. The SMILES string of the molecule is C=CCNCCCC[N+](C)(C)C(C)(C)C(=O)O. The van der Waals surface area contributed by atoms with Crippen LogP contribution in [0.25, 0.3) is 0 Å². The maximum absolute atomic E-state index is 11.2. The summed E-state index contributed by atoms with van der Waals surface area (Å²) in [5.41, 5.74) is -0.742. The van der Waals surface area contributed by atoms with E-state index in [9.17, 15) is 9.90 Å². The van der Waals surface area contributed by atoms with Crippen LogP contribution in [0.15, 0.2) is 12.7 Å². The molecule has 4 heteroatoms. The molecule has 0 amide bonds. The van der Waals surface area contributed by atoms with Gasteiger partial charge in [0.05, 0.1) is 20.6 Å². The van der Waals surface area contributed by atoms with Gasteiger partial charge in [-0.05, 0) is 19.4 Å². The van der Waals surface area contributed by atoms with Gasteiger partial charge in [-0.25, -0.2) is 4.79 Å². The Hall–Kier alpha value is -0.870. The zero-order valence-corrected chi connectivity index (χ0v) is 11.6. The molecule has 0 unspecified atom stereocenters. The number of hydrogen-bond acceptors (Lipinski definition) is 2. The summed E-state index contributed by atoms with van der Waals surface area (Å²) in [7, 11) is 3.95. The third-order valence-corrected chi connectivity index (χ3v) is 3.65. The summed E-state index contributed by atoms with van der Waals surface area (Å²) in [6, 6.07) is 0. The lowest BCUT2D eigenvalue weighted by atomic mass is 10.00. The number of quaternary nitrogens is 1. The molecule has 0 radical (unpaired) electrons. The van der Waals surface area contributed by atoms with Crippen LogP contribution < -0.4 is 5.32 Å². The second-order valence-corrected chi connectivity index (χ2v) is 5.47. The molecule has 0 aliphatic carbocycles. The Labute approximate surface area is 105 Å². The minimum atomic E-state index is -0.743. The highest BCUT2D eigenvalue weighted by atomic mass is 16.4. The Bertz CT molecular complexity index is 260. The first-order chi connectivity index (χ1) is 7.75. The molecule has 0 spiro atoms. The molecular formula is C13H27N2O2+. The highest BCUT2D eigenvalue weighted by Gasteiger charge is 2.43. The molecule has 100 valence electrons. The summed E-state index contributed by atoms with van der Waals surface area (Å²) in [6.07, 6.45) is 3.92. The van der Waals surface area contributed by atoms with Crippen molar-refractivity contribution >= 4 is 5.97 Å². The van der Waals surface area contributed by atoms with E-state index in [1.165, 1.54) is 0 Å². The van der Waals surface area contributed by atoms with Gasteiger partial charge in [0.1, 0.15) is 0 Å². The number of rotatable bonds is 9. The van der Waals surface area contributed by atoms with Gasteiger partial charge in [0, 0.05) is 20.4 Å². The molecule has 0 aromatic rings. The van der Waals surface area contributed by atoms with Gasteiger partial charge in [0.25, 0.3) is 0 Å². The van der Waals surface area contributed by atoms with Gasteiger partial charge in [-0.2, -0.15) is 0 Å². The van der Waals surface area contributed by atoms with E-state index >= 15 is 0 Å². The van der Waals surface area contributed by atoms with Crippen molar-refractivity contribution in [2.75, 3.05) is 33.7 Å². The summed E-state index contributed by atoms with van der Waals surface area (Å²) in [5, 5.41) is 12.5.